The lowest BCUT2D eigenvalue weighted by Crippen LogP contribution is -2.30. The van der Waals surface area contributed by atoms with Crippen LogP contribution in [-0.2, 0) is 13.6 Å². The highest BCUT2D eigenvalue weighted by Gasteiger charge is 2.32. The van der Waals surface area contributed by atoms with Crippen LogP contribution < -0.4 is 9.64 Å². The lowest BCUT2D eigenvalue weighted by molar-refractivity contribution is -0.388. The molecule has 0 N–H and O–H groups in total. The van der Waals surface area contributed by atoms with Crippen molar-refractivity contribution in [3.8, 4) is 5.75 Å². The van der Waals surface area contributed by atoms with Gasteiger partial charge in [-0.2, -0.15) is 0 Å². The lowest BCUT2D eigenvalue weighted by Gasteiger charge is -2.33. The van der Waals surface area contributed by atoms with Gasteiger partial charge in [0.2, 0.25) is 12.1 Å². The summed E-state index contributed by atoms with van der Waals surface area (Å²) in [6.45, 7) is 6.35. The molecule has 29 heavy (non-hydrogen) atoms. The van der Waals surface area contributed by atoms with Crippen LogP contribution in [0.4, 0.5) is 11.6 Å². The summed E-state index contributed by atoms with van der Waals surface area (Å²) in [4.78, 5) is 17.1. The molecule has 0 aliphatic heterocycles. The number of aromatic nitrogens is 2. The molecule has 0 aliphatic carbocycles. The Labute approximate surface area is 169 Å². The molecular weight excluding hydrogens is 372 g/mol. The van der Waals surface area contributed by atoms with Gasteiger partial charge in [-0.1, -0.05) is 17.7 Å². The van der Waals surface area contributed by atoms with Crippen LogP contribution >= 0.6 is 0 Å². The summed E-state index contributed by atoms with van der Waals surface area (Å²) >= 11 is 0. The number of ether oxygens (including phenoxy) is 1. The largest absolute Gasteiger partial charge is 0.497 e. The molecule has 1 aromatic carbocycles. The van der Waals surface area contributed by atoms with Crippen LogP contribution in [0.3, 0.4) is 0 Å². The third-order valence-corrected chi connectivity index (χ3v) is 4.66. The summed E-state index contributed by atoms with van der Waals surface area (Å²) < 4.78 is 12.5. The molecule has 0 amide bonds. The molecular formula is C21H24N4O4. The second kappa shape index (κ2) is 8.64. The summed E-state index contributed by atoms with van der Waals surface area (Å²) in [7, 11) is 3.36. The molecule has 8 heteroatoms. The number of anilines is 1. The van der Waals surface area contributed by atoms with E-state index in [1.165, 1.54) is 6.33 Å². The van der Waals surface area contributed by atoms with Gasteiger partial charge in [0.25, 0.3) is 0 Å². The van der Waals surface area contributed by atoms with Gasteiger partial charge in [-0.15, -0.1) is 6.58 Å². The quantitative estimate of drug-likeness (QED) is 0.297. The van der Waals surface area contributed by atoms with Crippen molar-refractivity contribution in [3.63, 3.8) is 0 Å². The third-order valence-electron chi connectivity index (χ3n) is 4.66. The van der Waals surface area contributed by atoms with Crippen molar-refractivity contribution in [3.05, 3.63) is 82.6 Å². The number of nitrogens with zero attached hydrogens (tertiary/aromatic N) is 4. The normalized spacial score (nSPS) is 11.8. The molecule has 0 saturated heterocycles. The molecule has 0 aliphatic rings. The Kier molecular flexibility index (Phi) is 6.01. The molecule has 1 unspecified atom stereocenters. The molecule has 0 fully saturated rings. The van der Waals surface area contributed by atoms with Crippen molar-refractivity contribution in [1.82, 2.24) is 9.55 Å². The first-order valence-electron chi connectivity index (χ1n) is 9.13. The van der Waals surface area contributed by atoms with E-state index in [0.717, 1.165) is 16.9 Å². The first kappa shape index (κ1) is 20.2. The van der Waals surface area contributed by atoms with Gasteiger partial charge in [0.05, 0.1) is 26.0 Å². The molecule has 3 aromatic rings. The van der Waals surface area contributed by atoms with Crippen molar-refractivity contribution in [2.75, 3.05) is 12.0 Å². The van der Waals surface area contributed by atoms with Crippen LogP contribution in [0, 0.1) is 10.1 Å². The Morgan fingerprint density at radius 3 is 2.66 bits per heavy atom. The fourth-order valence-corrected chi connectivity index (χ4v) is 3.34. The maximum Gasteiger partial charge on any atom is 0.406 e. The highest BCUT2D eigenvalue weighted by Crippen LogP contribution is 2.38. The zero-order valence-electron chi connectivity index (χ0n) is 16.7. The Morgan fingerprint density at radius 1 is 1.38 bits per heavy atom. The van der Waals surface area contributed by atoms with Gasteiger partial charge in [-0.3, -0.25) is 4.57 Å². The lowest BCUT2D eigenvalue weighted by atomic mass is 9.98. The maximum atomic E-state index is 11.7. The van der Waals surface area contributed by atoms with Crippen molar-refractivity contribution in [1.29, 1.82) is 0 Å². The van der Waals surface area contributed by atoms with Gasteiger partial charge in [0, 0.05) is 7.05 Å². The molecule has 0 radical (unpaired) electrons. The zero-order chi connectivity index (χ0) is 21.0. The second-order valence-electron chi connectivity index (χ2n) is 6.92. The van der Waals surface area contributed by atoms with E-state index in [2.05, 4.69) is 11.6 Å². The number of hydrogen-bond acceptors (Lipinski definition) is 6. The van der Waals surface area contributed by atoms with Gasteiger partial charge in [-0.25, -0.2) is 0 Å². The predicted molar refractivity (Wildman–Crippen MR) is 110 cm³/mol. The molecule has 0 spiro atoms. The van der Waals surface area contributed by atoms with Crippen LogP contribution in [0.15, 0.2) is 65.6 Å². The van der Waals surface area contributed by atoms with E-state index in [1.54, 1.807) is 31.1 Å². The van der Waals surface area contributed by atoms with Gasteiger partial charge < -0.3 is 24.2 Å². The average Bonchev–Trinajstić information content (AvgIpc) is 3.34. The number of rotatable bonds is 9. The van der Waals surface area contributed by atoms with Gasteiger partial charge in [0.1, 0.15) is 11.5 Å². The number of furan rings is 1. The van der Waals surface area contributed by atoms with Crippen molar-refractivity contribution < 1.29 is 14.1 Å². The zero-order valence-corrected chi connectivity index (χ0v) is 16.7. The summed E-state index contributed by atoms with van der Waals surface area (Å²) in [6, 6.07) is 11.1. The minimum atomic E-state index is -0.462. The van der Waals surface area contributed by atoms with E-state index in [0.29, 0.717) is 24.5 Å². The Hall–Kier alpha value is -3.55. The van der Waals surface area contributed by atoms with Crippen molar-refractivity contribution in [2.24, 2.45) is 7.05 Å². The Bertz CT molecular complexity index is 977. The van der Waals surface area contributed by atoms with Crippen molar-refractivity contribution >= 4 is 11.6 Å². The minimum Gasteiger partial charge on any atom is -0.497 e. The van der Waals surface area contributed by atoms with E-state index >= 15 is 0 Å². The fraction of sp³-hybridized carbons (Fsp3) is 0.286. The Morgan fingerprint density at radius 2 is 2.10 bits per heavy atom. The number of benzene rings is 1. The van der Waals surface area contributed by atoms with E-state index in [-0.39, 0.29) is 11.9 Å². The molecule has 2 aromatic heterocycles. The van der Waals surface area contributed by atoms with E-state index in [4.69, 9.17) is 9.15 Å². The van der Waals surface area contributed by atoms with Gasteiger partial charge in [-0.05, 0) is 53.1 Å². The number of nitro groups is 1. The molecule has 152 valence electrons. The maximum absolute atomic E-state index is 11.7. The van der Waals surface area contributed by atoms with Crippen LogP contribution in [0.25, 0.3) is 0 Å². The number of methoxy groups -OCH3 is 1. The summed E-state index contributed by atoms with van der Waals surface area (Å²) in [5, 5.41) is 11.7. The van der Waals surface area contributed by atoms with E-state index in [1.807, 2.05) is 42.2 Å². The summed E-state index contributed by atoms with van der Waals surface area (Å²) in [5.74, 6) is 1.65. The van der Waals surface area contributed by atoms with Crippen LogP contribution in [0.2, 0.25) is 0 Å². The molecule has 1 atom stereocenters. The summed E-state index contributed by atoms with van der Waals surface area (Å²) in [6.07, 6.45) is 3.65. The predicted octanol–water partition coefficient (Wildman–Crippen LogP) is 4.64. The molecule has 8 nitrogen and oxygen atoms in total. The SMILES string of the molecule is C=C(C)CC(c1ccc(OC)cc1)N(Cc1ccco1)c1c([N+](=O)[O-])ncn1C. The first-order valence-corrected chi connectivity index (χ1v) is 9.13. The van der Waals surface area contributed by atoms with Crippen LogP contribution in [0.5, 0.6) is 5.75 Å². The third kappa shape index (κ3) is 4.48. The first-order chi connectivity index (χ1) is 13.9. The fourth-order valence-electron chi connectivity index (χ4n) is 3.34. The molecule has 0 bridgehead atoms. The smallest absolute Gasteiger partial charge is 0.406 e. The minimum absolute atomic E-state index is 0.195. The van der Waals surface area contributed by atoms with E-state index < -0.39 is 4.92 Å². The highest BCUT2D eigenvalue weighted by molar-refractivity contribution is 5.57. The average molecular weight is 396 g/mol. The number of aryl methyl sites for hydroxylation is 1. The van der Waals surface area contributed by atoms with E-state index in [9.17, 15) is 10.1 Å². The standard InChI is InChI=1S/C21H24N4O4/c1-15(2)12-19(16-7-9-17(28-4)10-8-16)24(13-18-6-5-11-29-18)21-20(25(26)27)22-14-23(21)3/h5-11,14,19H,1,12-13H2,2-4H3. The van der Waals surface area contributed by atoms with Crippen LogP contribution in [0.1, 0.15) is 30.7 Å². The number of imidazole rings is 1. The monoisotopic (exact) mass is 396 g/mol. The molecule has 2 heterocycles. The van der Waals surface area contributed by atoms with Crippen LogP contribution in [-0.4, -0.2) is 21.6 Å². The highest BCUT2D eigenvalue weighted by atomic mass is 16.6. The topological polar surface area (TPSA) is 86.6 Å². The van der Waals surface area contributed by atoms with Gasteiger partial charge in [0.15, 0.2) is 0 Å². The second-order valence-corrected chi connectivity index (χ2v) is 6.92. The Balaban J connectivity index is 2.13. The van der Waals surface area contributed by atoms with Gasteiger partial charge >= 0.3 is 5.82 Å². The summed E-state index contributed by atoms with van der Waals surface area (Å²) in [5.41, 5.74) is 1.94. The molecule has 0 saturated carbocycles. The van der Waals surface area contributed by atoms with Crippen molar-refractivity contribution in [2.45, 2.75) is 25.9 Å². The molecule has 3 rings (SSSR count). The number of hydrogen-bond donors (Lipinski definition) is 0.